The van der Waals surface area contributed by atoms with E-state index in [9.17, 15) is 9.59 Å². The number of amides is 2. The van der Waals surface area contributed by atoms with Gasteiger partial charge in [-0.3, -0.25) is 0 Å². The van der Waals surface area contributed by atoms with Gasteiger partial charge in [0.1, 0.15) is 5.52 Å². The van der Waals surface area contributed by atoms with Gasteiger partial charge in [0.05, 0.1) is 11.9 Å². The summed E-state index contributed by atoms with van der Waals surface area (Å²) in [5.41, 5.74) is 5.16. The van der Waals surface area contributed by atoms with Crippen molar-refractivity contribution in [3.8, 4) is 0 Å². The van der Waals surface area contributed by atoms with Crippen LogP contribution in [0.1, 0.15) is 30.9 Å². The van der Waals surface area contributed by atoms with E-state index in [1.54, 1.807) is 24.4 Å². The molecule has 1 unspecified atom stereocenters. The number of nitrogens with one attached hydrogen (secondary N) is 2. The molecule has 1 aromatic heterocycles. The van der Waals surface area contributed by atoms with Gasteiger partial charge in [0, 0.05) is 37.1 Å². The van der Waals surface area contributed by atoms with Crippen molar-refractivity contribution < 1.29 is 14.4 Å². The number of hydrogen-bond donors (Lipinski definition) is 2. The lowest BCUT2D eigenvalue weighted by atomic mass is 9.95. The van der Waals surface area contributed by atoms with E-state index < -0.39 is 5.97 Å². The molecule has 8 heteroatoms. The zero-order valence-corrected chi connectivity index (χ0v) is 20.9. The minimum atomic E-state index is -0.469. The molecule has 8 nitrogen and oxygen atoms in total. The van der Waals surface area contributed by atoms with Gasteiger partial charge in [-0.2, -0.15) is 0 Å². The smallest absolute Gasteiger partial charge is 0.331 e. The molecule has 1 atom stereocenters. The summed E-state index contributed by atoms with van der Waals surface area (Å²) in [6, 6.07) is 24.4. The number of benzene rings is 3. The summed E-state index contributed by atoms with van der Waals surface area (Å²) in [5, 5.41) is 10.8. The number of fused-ring (bicyclic) bond motifs is 2. The lowest BCUT2D eigenvalue weighted by Gasteiger charge is -2.39. The molecule has 0 spiro atoms. The lowest BCUT2D eigenvalue weighted by molar-refractivity contribution is -0.142. The Bertz CT molecular complexity index is 1380. The van der Waals surface area contributed by atoms with Crippen LogP contribution in [0.25, 0.3) is 10.9 Å². The number of anilines is 2. The first-order chi connectivity index (χ1) is 18.1. The van der Waals surface area contributed by atoms with Gasteiger partial charge < -0.3 is 20.4 Å². The predicted molar refractivity (Wildman–Crippen MR) is 145 cm³/mol. The van der Waals surface area contributed by atoms with Gasteiger partial charge >= 0.3 is 12.0 Å². The van der Waals surface area contributed by atoms with E-state index in [2.05, 4.69) is 69.2 Å². The standard InChI is InChI=1S/C29H31N5O3/c1-21(35)37-34-28-15-7-13-26(25(28)20-31-34)32-29(36)30-19-24-17-16-23-12-5-6-14-27(23)33(24)18-8-11-22-9-3-2-4-10-22/h2-7,9-10,12-15,20,24H,8,11,16-19H2,1H3,(H2,30,32,36). The number of aromatic nitrogens is 2. The Morgan fingerprint density at radius 2 is 1.84 bits per heavy atom. The van der Waals surface area contributed by atoms with Gasteiger partial charge in [0.25, 0.3) is 0 Å². The highest BCUT2D eigenvalue weighted by atomic mass is 16.7. The molecule has 4 aromatic rings. The second kappa shape index (κ2) is 11.2. The van der Waals surface area contributed by atoms with Crippen molar-refractivity contribution in [1.29, 1.82) is 0 Å². The molecule has 0 saturated carbocycles. The molecule has 2 N–H and O–H groups in total. The van der Waals surface area contributed by atoms with Crippen molar-refractivity contribution >= 4 is 34.3 Å². The summed E-state index contributed by atoms with van der Waals surface area (Å²) in [5.74, 6) is -0.469. The number of rotatable bonds is 8. The van der Waals surface area contributed by atoms with Crippen molar-refractivity contribution in [3.05, 3.63) is 90.1 Å². The van der Waals surface area contributed by atoms with Crippen LogP contribution in [-0.4, -0.2) is 41.1 Å². The molecule has 0 fully saturated rings. The molecule has 190 valence electrons. The molecule has 5 rings (SSSR count). The third kappa shape index (κ3) is 5.74. The van der Waals surface area contributed by atoms with Gasteiger partial charge in [0.15, 0.2) is 0 Å². The third-order valence-electron chi connectivity index (χ3n) is 6.74. The average molecular weight is 498 g/mol. The SMILES string of the molecule is CC(=O)On1ncc2c(NC(=O)NCC3CCc4ccccc4N3CCCc3ccccc3)cccc21. The maximum atomic E-state index is 12.9. The monoisotopic (exact) mass is 497 g/mol. The number of urea groups is 1. The molecule has 0 radical (unpaired) electrons. The van der Waals surface area contributed by atoms with Crippen molar-refractivity contribution in [2.24, 2.45) is 0 Å². The number of nitrogens with zero attached hydrogens (tertiary/aromatic N) is 3. The molecule has 2 amide bonds. The number of carbonyl (C=O) groups excluding carboxylic acids is 2. The van der Waals surface area contributed by atoms with Crippen molar-refractivity contribution in [2.45, 2.75) is 38.6 Å². The minimum Gasteiger partial charge on any atom is -0.367 e. The first-order valence-corrected chi connectivity index (χ1v) is 12.7. The fourth-order valence-corrected chi connectivity index (χ4v) is 5.00. The first-order valence-electron chi connectivity index (χ1n) is 12.7. The lowest BCUT2D eigenvalue weighted by Crippen LogP contribution is -2.48. The second-order valence-corrected chi connectivity index (χ2v) is 9.28. The molecule has 1 aliphatic heterocycles. The molecule has 1 aliphatic rings. The molecule has 3 aromatic carbocycles. The summed E-state index contributed by atoms with van der Waals surface area (Å²) in [7, 11) is 0. The van der Waals surface area contributed by atoms with Crippen molar-refractivity contribution in [1.82, 2.24) is 15.3 Å². The molecule has 0 aliphatic carbocycles. The number of aryl methyl sites for hydroxylation is 2. The highest BCUT2D eigenvalue weighted by Gasteiger charge is 2.26. The third-order valence-corrected chi connectivity index (χ3v) is 6.74. The van der Waals surface area contributed by atoms with Gasteiger partial charge in [0.2, 0.25) is 0 Å². The zero-order valence-electron chi connectivity index (χ0n) is 20.9. The molecule has 0 bridgehead atoms. The zero-order chi connectivity index (χ0) is 25.6. The maximum absolute atomic E-state index is 12.9. The molecule has 37 heavy (non-hydrogen) atoms. The van der Waals surface area contributed by atoms with E-state index in [0.29, 0.717) is 23.1 Å². The summed E-state index contributed by atoms with van der Waals surface area (Å²) in [4.78, 5) is 32.9. The van der Waals surface area contributed by atoms with Crippen LogP contribution in [0.3, 0.4) is 0 Å². The van der Waals surface area contributed by atoms with Gasteiger partial charge in [-0.1, -0.05) is 59.4 Å². The quantitative estimate of drug-likeness (QED) is 0.372. The largest absolute Gasteiger partial charge is 0.367 e. The summed E-state index contributed by atoms with van der Waals surface area (Å²) in [6.45, 7) is 2.78. The number of hydrogen-bond acceptors (Lipinski definition) is 5. The molecular formula is C29H31N5O3. The van der Waals surface area contributed by atoms with E-state index in [1.165, 1.54) is 23.7 Å². The molecule has 2 heterocycles. The molecule has 0 saturated heterocycles. The average Bonchev–Trinajstić information content (AvgIpc) is 3.31. The van der Waals surface area contributed by atoms with Crippen molar-refractivity contribution in [3.63, 3.8) is 0 Å². The van der Waals surface area contributed by atoms with E-state index in [4.69, 9.17) is 4.84 Å². The highest BCUT2D eigenvalue weighted by Crippen LogP contribution is 2.31. The van der Waals surface area contributed by atoms with Crippen LogP contribution in [0.2, 0.25) is 0 Å². The topological polar surface area (TPSA) is 88.5 Å². The predicted octanol–water partition coefficient (Wildman–Crippen LogP) is 4.59. The minimum absolute atomic E-state index is 0.207. The Hall–Kier alpha value is -4.33. The Morgan fingerprint density at radius 1 is 1.03 bits per heavy atom. The highest BCUT2D eigenvalue weighted by molar-refractivity contribution is 6.00. The summed E-state index contributed by atoms with van der Waals surface area (Å²) < 4.78 is 0. The first kappa shape index (κ1) is 24.4. The van der Waals surface area contributed by atoms with Crippen LogP contribution >= 0.6 is 0 Å². The van der Waals surface area contributed by atoms with E-state index in [1.807, 2.05) is 6.07 Å². The normalized spacial score (nSPS) is 14.7. The van der Waals surface area contributed by atoms with E-state index in [-0.39, 0.29) is 12.1 Å². The Morgan fingerprint density at radius 3 is 2.68 bits per heavy atom. The fourth-order valence-electron chi connectivity index (χ4n) is 5.00. The fraction of sp³-hybridized carbons (Fsp3) is 0.276. The number of para-hydroxylation sites is 1. The second-order valence-electron chi connectivity index (χ2n) is 9.28. The van der Waals surface area contributed by atoms with Crippen LogP contribution < -0.4 is 20.4 Å². The summed E-state index contributed by atoms with van der Waals surface area (Å²) in [6.07, 6.45) is 5.60. The van der Waals surface area contributed by atoms with Crippen LogP contribution in [0.4, 0.5) is 16.2 Å². The van der Waals surface area contributed by atoms with Gasteiger partial charge in [-0.05, 0) is 55.0 Å². The Labute approximate surface area is 216 Å². The molecular weight excluding hydrogens is 466 g/mol. The summed E-state index contributed by atoms with van der Waals surface area (Å²) >= 11 is 0. The Balaban J connectivity index is 1.24. The van der Waals surface area contributed by atoms with Gasteiger partial charge in [-0.25, -0.2) is 9.59 Å². The van der Waals surface area contributed by atoms with Crippen molar-refractivity contribution in [2.75, 3.05) is 23.3 Å². The van der Waals surface area contributed by atoms with E-state index >= 15 is 0 Å². The van der Waals surface area contributed by atoms with Crippen LogP contribution in [-0.2, 0) is 17.6 Å². The van der Waals surface area contributed by atoms with Crippen LogP contribution in [0.15, 0.2) is 79.0 Å². The number of carbonyl (C=O) groups is 2. The van der Waals surface area contributed by atoms with Gasteiger partial charge in [-0.15, -0.1) is 5.10 Å². The van der Waals surface area contributed by atoms with Crippen LogP contribution in [0, 0.1) is 0 Å². The van der Waals surface area contributed by atoms with Crippen LogP contribution in [0.5, 0.6) is 0 Å². The maximum Gasteiger partial charge on any atom is 0.331 e. The Kier molecular flexibility index (Phi) is 7.35. The van der Waals surface area contributed by atoms with E-state index in [0.717, 1.165) is 37.1 Å².